The maximum absolute atomic E-state index is 12.7. The number of fused-ring (bicyclic) bond motifs is 1. The number of hydrogen-bond donors (Lipinski definition) is 1. The first-order valence-electron chi connectivity index (χ1n) is 10.1. The van der Waals surface area contributed by atoms with Crippen LogP contribution in [-0.4, -0.2) is 16.9 Å². The van der Waals surface area contributed by atoms with Gasteiger partial charge in [0.2, 0.25) is 0 Å². The first-order chi connectivity index (χ1) is 15.2. The van der Waals surface area contributed by atoms with Gasteiger partial charge in [-0.05, 0) is 23.8 Å². The second-order valence-corrected chi connectivity index (χ2v) is 7.16. The zero-order chi connectivity index (χ0) is 21.5. The molecule has 4 aromatic rings. The zero-order valence-electron chi connectivity index (χ0n) is 16.9. The molecule has 31 heavy (non-hydrogen) atoms. The molecule has 1 N–H and O–H groups in total. The first-order valence-corrected chi connectivity index (χ1v) is 10.1. The van der Waals surface area contributed by atoms with E-state index in [9.17, 15) is 9.59 Å². The molecule has 0 aliphatic heterocycles. The number of benzene rings is 3. The third-order valence-corrected chi connectivity index (χ3v) is 5.02. The smallest absolute Gasteiger partial charge is 0.308 e. The molecular formula is C26H22N2O3. The number of carbonyl (C=O) groups is 2. The van der Waals surface area contributed by atoms with Crippen LogP contribution < -0.4 is 5.32 Å². The van der Waals surface area contributed by atoms with E-state index < -0.39 is 12.0 Å². The molecule has 4 rings (SSSR count). The molecule has 0 bridgehead atoms. The molecule has 3 aromatic carbocycles. The van der Waals surface area contributed by atoms with E-state index in [0.717, 1.165) is 22.0 Å². The van der Waals surface area contributed by atoms with Crippen LogP contribution in [0.25, 0.3) is 10.9 Å². The van der Waals surface area contributed by atoms with Crippen molar-refractivity contribution in [3.05, 3.63) is 114 Å². The maximum Gasteiger partial charge on any atom is 0.308 e. The second-order valence-electron chi connectivity index (χ2n) is 7.16. The van der Waals surface area contributed by atoms with E-state index in [1.165, 1.54) is 0 Å². The monoisotopic (exact) mass is 410 g/mol. The number of rotatable bonds is 7. The Morgan fingerprint density at radius 3 is 2.32 bits per heavy atom. The van der Waals surface area contributed by atoms with Crippen molar-refractivity contribution in [1.29, 1.82) is 0 Å². The minimum absolute atomic E-state index is 0.0286. The van der Waals surface area contributed by atoms with E-state index in [-0.39, 0.29) is 18.9 Å². The zero-order valence-corrected chi connectivity index (χ0v) is 16.9. The third-order valence-electron chi connectivity index (χ3n) is 5.02. The lowest BCUT2D eigenvalue weighted by Crippen LogP contribution is -2.30. The Morgan fingerprint density at radius 2 is 1.55 bits per heavy atom. The Hall–Kier alpha value is -3.99. The third kappa shape index (κ3) is 5.14. The number of nitrogens with zero attached hydrogens (tertiary/aromatic N) is 1. The normalized spacial score (nSPS) is 11.6. The number of nitrogens with one attached hydrogen (secondary N) is 1. The van der Waals surface area contributed by atoms with E-state index in [2.05, 4.69) is 10.3 Å². The fourth-order valence-corrected chi connectivity index (χ4v) is 3.44. The van der Waals surface area contributed by atoms with Gasteiger partial charge in [-0.25, -0.2) is 0 Å². The molecule has 1 amide bonds. The Kier molecular flexibility index (Phi) is 6.33. The standard InChI is InChI=1S/C26H22N2O3/c29-24(31-18-22-14-7-13-20-15-8-16-27-25(20)22)17-23(19-9-3-1-4-10-19)28-26(30)21-11-5-2-6-12-21/h1-16,23H,17-18H2,(H,28,30). The van der Waals surface area contributed by atoms with E-state index in [0.29, 0.717) is 5.56 Å². The largest absolute Gasteiger partial charge is 0.461 e. The number of esters is 1. The molecule has 0 radical (unpaired) electrons. The number of para-hydroxylation sites is 1. The summed E-state index contributed by atoms with van der Waals surface area (Å²) in [5.41, 5.74) is 3.04. The summed E-state index contributed by atoms with van der Waals surface area (Å²) in [6, 6.07) is 27.5. The van der Waals surface area contributed by atoms with Gasteiger partial charge in [0.25, 0.3) is 5.91 Å². The molecule has 1 heterocycles. The topological polar surface area (TPSA) is 68.3 Å². The van der Waals surface area contributed by atoms with Crippen LogP contribution in [0.1, 0.15) is 33.9 Å². The number of carbonyl (C=O) groups excluding carboxylic acids is 2. The van der Waals surface area contributed by atoms with Crippen molar-refractivity contribution in [2.45, 2.75) is 19.1 Å². The lowest BCUT2D eigenvalue weighted by molar-refractivity contribution is -0.145. The van der Waals surface area contributed by atoms with Gasteiger partial charge in [-0.1, -0.05) is 72.8 Å². The molecule has 0 saturated heterocycles. The van der Waals surface area contributed by atoms with Gasteiger partial charge < -0.3 is 10.1 Å². The SMILES string of the molecule is O=C(CC(NC(=O)c1ccccc1)c1ccccc1)OCc1cccc2cccnc12. The molecule has 154 valence electrons. The fraction of sp³-hybridized carbons (Fsp3) is 0.115. The molecule has 0 aliphatic rings. The van der Waals surface area contributed by atoms with Gasteiger partial charge in [0.05, 0.1) is 18.0 Å². The molecule has 5 nitrogen and oxygen atoms in total. The van der Waals surface area contributed by atoms with Crippen molar-refractivity contribution < 1.29 is 14.3 Å². The summed E-state index contributed by atoms with van der Waals surface area (Å²) in [5.74, 6) is -0.629. The summed E-state index contributed by atoms with van der Waals surface area (Å²) in [6.07, 6.45) is 1.75. The van der Waals surface area contributed by atoms with Gasteiger partial charge in [-0.15, -0.1) is 0 Å². The predicted octanol–water partition coefficient (Wildman–Crippen LogP) is 4.84. The van der Waals surface area contributed by atoms with Gasteiger partial charge in [0.15, 0.2) is 0 Å². The Morgan fingerprint density at radius 1 is 0.839 bits per heavy atom. The molecule has 1 unspecified atom stereocenters. The average Bonchev–Trinajstić information content (AvgIpc) is 2.83. The quantitative estimate of drug-likeness (QED) is 0.443. The Balaban J connectivity index is 1.46. The van der Waals surface area contributed by atoms with Crippen LogP contribution in [0.3, 0.4) is 0 Å². The number of ether oxygens (including phenoxy) is 1. The molecule has 0 spiro atoms. The summed E-state index contributed by atoms with van der Waals surface area (Å²) in [6.45, 7) is 0.126. The van der Waals surface area contributed by atoms with Gasteiger partial charge in [-0.2, -0.15) is 0 Å². The van der Waals surface area contributed by atoms with Gasteiger partial charge in [0, 0.05) is 22.7 Å². The highest BCUT2D eigenvalue weighted by atomic mass is 16.5. The number of pyridine rings is 1. The van der Waals surface area contributed by atoms with Gasteiger partial charge >= 0.3 is 5.97 Å². The van der Waals surface area contributed by atoms with Crippen LogP contribution >= 0.6 is 0 Å². The van der Waals surface area contributed by atoms with Crippen LogP contribution in [0.2, 0.25) is 0 Å². The van der Waals surface area contributed by atoms with E-state index in [4.69, 9.17) is 4.74 Å². The molecular weight excluding hydrogens is 388 g/mol. The van der Waals surface area contributed by atoms with Crippen molar-refractivity contribution in [2.24, 2.45) is 0 Å². The average molecular weight is 410 g/mol. The predicted molar refractivity (Wildman–Crippen MR) is 119 cm³/mol. The summed E-state index contributed by atoms with van der Waals surface area (Å²) >= 11 is 0. The second kappa shape index (κ2) is 9.67. The highest BCUT2D eigenvalue weighted by molar-refractivity contribution is 5.94. The van der Waals surface area contributed by atoms with E-state index >= 15 is 0 Å². The van der Waals surface area contributed by atoms with Crippen LogP contribution in [-0.2, 0) is 16.1 Å². The lowest BCUT2D eigenvalue weighted by Gasteiger charge is -2.19. The highest BCUT2D eigenvalue weighted by Crippen LogP contribution is 2.20. The van der Waals surface area contributed by atoms with Gasteiger partial charge in [0.1, 0.15) is 6.61 Å². The van der Waals surface area contributed by atoms with E-state index in [1.54, 1.807) is 30.5 Å². The minimum Gasteiger partial charge on any atom is -0.461 e. The fourth-order valence-electron chi connectivity index (χ4n) is 3.44. The van der Waals surface area contributed by atoms with Crippen molar-refractivity contribution in [2.75, 3.05) is 0 Å². The molecule has 0 saturated carbocycles. The van der Waals surface area contributed by atoms with Crippen molar-refractivity contribution in [3.63, 3.8) is 0 Å². The van der Waals surface area contributed by atoms with Crippen LogP contribution in [0.5, 0.6) is 0 Å². The Bertz CT molecular complexity index is 1170. The first kappa shape index (κ1) is 20.3. The van der Waals surface area contributed by atoms with Crippen LogP contribution in [0.4, 0.5) is 0 Å². The molecule has 0 aliphatic carbocycles. The van der Waals surface area contributed by atoms with Gasteiger partial charge in [-0.3, -0.25) is 14.6 Å². The number of aromatic nitrogens is 1. The minimum atomic E-state index is -0.493. The summed E-state index contributed by atoms with van der Waals surface area (Å²) < 4.78 is 5.55. The molecule has 1 aromatic heterocycles. The molecule has 5 heteroatoms. The summed E-state index contributed by atoms with van der Waals surface area (Å²) in [5, 5.41) is 3.95. The van der Waals surface area contributed by atoms with Crippen molar-refractivity contribution in [3.8, 4) is 0 Å². The molecule has 0 fully saturated rings. The lowest BCUT2D eigenvalue weighted by atomic mass is 10.0. The Labute approximate surface area is 180 Å². The van der Waals surface area contributed by atoms with E-state index in [1.807, 2.05) is 66.7 Å². The van der Waals surface area contributed by atoms with Crippen molar-refractivity contribution >= 4 is 22.8 Å². The van der Waals surface area contributed by atoms with Crippen molar-refractivity contribution in [1.82, 2.24) is 10.3 Å². The van der Waals surface area contributed by atoms with Crippen LogP contribution in [0.15, 0.2) is 97.2 Å². The summed E-state index contributed by atoms with van der Waals surface area (Å²) in [4.78, 5) is 29.7. The van der Waals surface area contributed by atoms with Crippen LogP contribution in [0, 0.1) is 0 Å². The summed E-state index contributed by atoms with van der Waals surface area (Å²) in [7, 11) is 0. The number of hydrogen-bond acceptors (Lipinski definition) is 4. The highest BCUT2D eigenvalue weighted by Gasteiger charge is 2.20. The number of amides is 1. The maximum atomic E-state index is 12.7. The molecule has 1 atom stereocenters.